The van der Waals surface area contributed by atoms with Crippen LogP contribution in [0.5, 0.6) is 0 Å². The van der Waals surface area contributed by atoms with E-state index < -0.39 is 0 Å². The third-order valence-electron chi connectivity index (χ3n) is 2.38. The Labute approximate surface area is 107 Å². The van der Waals surface area contributed by atoms with Gasteiger partial charge in [-0.25, -0.2) is 0 Å². The van der Waals surface area contributed by atoms with Gasteiger partial charge in [0.15, 0.2) is 5.11 Å². The summed E-state index contributed by atoms with van der Waals surface area (Å²) < 4.78 is 0. The van der Waals surface area contributed by atoms with Gasteiger partial charge in [-0.15, -0.1) is 0 Å². The fraction of sp³-hybridized carbons (Fsp3) is 0.333. The lowest BCUT2D eigenvalue weighted by atomic mass is 10.1. The molecule has 0 aliphatic heterocycles. The summed E-state index contributed by atoms with van der Waals surface area (Å²) in [6.45, 7) is 4.09. The number of thiocarbonyl (C=S) groups is 1. The Bertz CT molecular complexity index is 412. The van der Waals surface area contributed by atoms with Crippen LogP contribution in [0.1, 0.15) is 11.1 Å². The molecule has 0 fully saturated rings. The van der Waals surface area contributed by atoms with Crippen molar-refractivity contribution in [1.82, 2.24) is 10.6 Å². The Morgan fingerprint density at radius 2 is 1.88 bits per heavy atom. The maximum atomic E-state index is 11.7. The second kappa shape index (κ2) is 6.20. The number of hydrogen-bond acceptors (Lipinski definition) is 2. The molecule has 92 valence electrons. The Morgan fingerprint density at radius 3 is 2.41 bits per heavy atom. The summed E-state index contributed by atoms with van der Waals surface area (Å²) in [6.07, 6.45) is 0. The van der Waals surface area contributed by atoms with Crippen molar-refractivity contribution in [3.63, 3.8) is 0 Å². The van der Waals surface area contributed by atoms with Gasteiger partial charge in [-0.05, 0) is 37.2 Å². The smallest absolute Gasteiger partial charge is 0.243 e. The molecule has 17 heavy (non-hydrogen) atoms. The molecule has 0 aliphatic rings. The number of para-hydroxylation sites is 1. The van der Waals surface area contributed by atoms with Crippen LogP contribution in [0.2, 0.25) is 0 Å². The minimum absolute atomic E-state index is 0.111. The van der Waals surface area contributed by atoms with Gasteiger partial charge in [-0.3, -0.25) is 4.79 Å². The lowest BCUT2D eigenvalue weighted by Crippen LogP contribution is -2.38. The topological polar surface area (TPSA) is 53.2 Å². The molecule has 0 saturated heterocycles. The highest BCUT2D eigenvalue weighted by Gasteiger charge is 2.06. The fourth-order valence-corrected chi connectivity index (χ4v) is 1.52. The largest absolute Gasteiger partial charge is 0.366 e. The third-order valence-corrected chi connectivity index (χ3v) is 2.73. The molecule has 3 N–H and O–H groups in total. The van der Waals surface area contributed by atoms with E-state index in [0.717, 1.165) is 16.8 Å². The summed E-state index contributed by atoms with van der Waals surface area (Å²) in [6, 6.07) is 5.90. The normalized spacial score (nSPS) is 9.59. The van der Waals surface area contributed by atoms with Gasteiger partial charge < -0.3 is 16.0 Å². The first-order chi connectivity index (χ1) is 8.04. The lowest BCUT2D eigenvalue weighted by molar-refractivity contribution is -0.115. The predicted octanol–water partition coefficient (Wildman–Crippen LogP) is 1.34. The first-order valence-electron chi connectivity index (χ1n) is 5.36. The molecular formula is C12H17N3OS. The Balaban J connectivity index is 2.59. The van der Waals surface area contributed by atoms with Crippen LogP contribution in [0.15, 0.2) is 18.2 Å². The van der Waals surface area contributed by atoms with Gasteiger partial charge in [-0.1, -0.05) is 18.2 Å². The molecule has 1 aromatic rings. The lowest BCUT2D eigenvalue weighted by Gasteiger charge is -2.12. The highest BCUT2D eigenvalue weighted by Crippen LogP contribution is 2.18. The first kappa shape index (κ1) is 13.4. The van der Waals surface area contributed by atoms with Crippen molar-refractivity contribution in [2.45, 2.75) is 13.8 Å². The quantitative estimate of drug-likeness (QED) is 0.710. The molecule has 0 aromatic heterocycles. The van der Waals surface area contributed by atoms with Gasteiger partial charge in [0.05, 0.1) is 6.54 Å². The fourth-order valence-electron chi connectivity index (χ4n) is 1.44. The van der Waals surface area contributed by atoms with Crippen LogP contribution in [0, 0.1) is 13.8 Å². The number of carbonyl (C=O) groups is 1. The molecule has 0 radical (unpaired) electrons. The first-order valence-corrected chi connectivity index (χ1v) is 5.77. The van der Waals surface area contributed by atoms with Gasteiger partial charge in [0.1, 0.15) is 0 Å². The number of hydrogen-bond donors (Lipinski definition) is 3. The molecule has 1 rings (SSSR count). The zero-order chi connectivity index (χ0) is 12.8. The van der Waals surface area contributed by atoms with Crippen LogP contribution in [-0.2, 0) is 4.79 Å². The summed E-state index contributed by atoms with van der Waals surface area (Å²) >= 11 is 4.89. The molecule has 1 aromatic carbocycles. The molecular weight excluding hydrogens is 234 g/mol. The number of benzene rings is 1. The van der Waals surface area contributed by atoms with Crippen molar-refractivity contribution in [3.8, 4) is 0 Å². The summed E-state index contributed by atoms with van der Waals surface area (Å²) in [7, 11) is 1.71. The van der Waals surface area contributed by atoms with Gasteiger partial charge in [-0.2, -0.15) is 0 Å². The summed E-state index contributed by atoms with van der Waals surface area (Å²) in [4.78, 5) is 11.7. The minimum Gasteiger partial charge on any atom is -0.366 e. The van der Waals surface area contributed by atoms with Crippen LogP contribution in [-0.4, -0.2) is 24.6 Å². The summed E-state index contributed by atoms with van der Waals surface area (Å²) in [5, 5.41) is 8.88. The average molecular weight is 251 g/mol. The molecule has 5 heteroatoms. The molecule has 0 heterocycles. The maximum Gasteiger partial charge on any atom is 0.243 e. The Hall–Kier alpha value is -1.62. The molecule has 0 atom stereocenters. The van der Waals surface area contributed by atoms with E-state index >= 15 is 0 Å². The van der Waals surface area contributed by atoms with Crippen molar-refractivity contribution in [3.05, 3.63) is 29.3 Å². The standard InChI is InChI=1S/C12H17N3OS/c1-8-5-4-6-9(2)11(8)15-10(16)7-14-12(17)13-3/h4-6H,7H2,1-3H3,(H,15,16)(H2,13,14,17). The Kier molecular flexibility index (Phi) is 4.90. The minimum atomic E-state index is -0.111. The van der Waals surface area contributed by atoms with Crippen molar-refractivity contribution in [2.24, 2.45) is 0 Å². The van der Waals surface area contributed by atoms with Crippen LogP contribution < -0.4 is 16.0 Å². The number of aryl methyl sites for hydroxylation is 2. The van der Waals surface area contributed by atoms with Crippen LogP contribution in [0.3, 0.4) is 0 Å². The van der Waals surface area contributed by atoms with E-state index in [9.17, 15) is 4.79 Å². The second-order valence-corrected chi connectivity index (χ2v) is 4.16. The van der Waals surface area contributed by atoms with Gasteiger partial charge in [0.25, 0.3) is 0 Å². The molecule has 0 unspecified atom stereocenters. The Morgan fingerprint density at radius 1 is 1.29 bits per heavy atom. The zero-order valence-corrected chi connectivity index (χ0v) is 11.1. The average Bonchev–Trinajstić information content (AvgIpc) is 2.31. The molecule has 0 aliphatic carbocycles. The molecule has 0 spiro atoms. The SMILES string of the molecule is CNC(=S)NCC(=O)Nc1c(C)cccc1C. The highest BCUT2D eigenvalue weighted by atomic mass is 32.1. The number of rotatable bonds is 3. The number of nitrogens with one attached hydrogen (secondary N) is 3. The van der Waals surface area contributed by atoms with Gasteiger partial charge >= 0.3 is 0 Å². The van der Waals surface area contributed by atoms with Crippen molar-refractivity contribution in [1.29, 1.82) is 0 Å². The van der Waals surface area contributed by atoms with Crippen LogP contribution in [0.25, 0.3) is 0 Å². The molecule has 1 amide bonds. The monoisotopic (exact) mass is 251 g/mol. The maximum absolute atomic E-state index is 11.7. The molecule has 0 saturated carbocycles. The number of amides is 1. The number of anilines is 1. The van der Waals surface area contributed by atoms with Crippen LogP contribution >= 0.6 is 12.2 Å². The van der Waals surface area contributed by atoms with E-state index in [1.54, 1.807) is 7.05 Å². The van der Waals surface area contributed by atoms with Crippen molar-refractivity contribution >= 4 is 28.9 Å². The number of carbonyl (C=O) groups excluding carboxylic acids is 1. The zero-order valence-electron chi connectivity index (χ0n) is 10.3. The predicted molar refractivity (Wildman–Crippen MR) is 74.2 cm³/mol. The third kappa shape index (κ3) is 4.03. The molecule has 4 nitrogen and oxygen atoms in total. The van der Waals surface area contributed by atoms with E-state index in [4.69, 9.17) is 12.2 Å². The van der Waals surface area contributed by atoms with E-state index in [-0.39, 0.29) is 12.5 Å². The summed E-state index contributed by atoms with van der Waals surface area (Å²) in [5.41, 5.74) is 2.97. The van der Waals surface area contributed by atoms with Gasteiger partial charge in [0.2, 0.25) is 5.91 Å². The van der Waals surface area contributed by atoms with Crippen molar-refractivity contribution < 1.29 is 4.79 Å². The molecule has 0 bridgehead atoms. The highest BCUT2D eigenvalue weighted by molar-refractivity contribution is 7.80. The van der Waals surface area contributed by atoms with E-state index in [2.05, 4.69) is 16.0 Å². The van der Waals surface area contributed by atoms with E-state index in [0.29, 0.717) is 5.11 Å². The van der Waals surface area contributed by atoms with Crippen LogP contribution in [0.4, 0.5) is 5.69 Å². The second-order valence-electron chi connectivity index (χ2n) is 3.75. The summed E-state index contributed by atoms with van der Waals surface area (Å²) in [5.74, 6) is -0.111. The van der Waals surface area contributed by atoms with Gasteiger partial charge in [0, 0.05) is 12.7 Å². The van der Waals surface area contributed by atoms with Crippen molar-refractivity contribution in [2.75, 3.05) is 18.9 Å². The van der Waals surface area contributed by atoms with E-state index in [1.165, 1.54) is 0 Å². The van der Waals surface area contributed by atoms with E-state index in [1.807, 2.05) is 32.0 Å².